The molecule has 12 amide bonds. The van der Waals surface area contributed by atoms with Gasteiger partial charge in [0.2, 0.25) is 70.9 Å². The number of carbonyl (C=O) groups is 13. The molecule has 1 aliphatic heterocycles. The number of likely N-dealkylation sites (tertiary alicyclic amines) is 1. The largest absolute Gasteiger partial charge is 0.481 e. The summed E-state index contributed by atoms with van der Waals surface area (Å²) in [5.41, 5.74) is 39.3. The molecule has 1 aliphatic rings. The van der Waals surface area contributed by atoms with Crippen molar-refractivity contribution in [3.05, 3.63) is 35.9 Å². The lowest BCUT2D eigenvalue weighted by Crippen LogP contribution is -2.61. The van der Waals surface area contributed by atoms with Crippen LogP contribution in [0.25, 0.3) is 0 Å². The van der Waals surface area contributed by atoms with Gasteiger partial charge in [0.1, 0.15) is 60.4 Å². The van der Waals surface area contributed by atoms with E-state index in [1.54, 1.807) is 58.0 Å². The van der Waals surface area contributed by atoms with E-state index in [1.165, 1.54) is 0 Å². The fourth-order valence-corrected chi connectivity index (χ4v) is 8.98. The van der Waals surface area contributed by atoms with Crippen molar-refractivity contribution >= 4 is 82.8 Å². The van der Waals surface area contributed by atoms with E-state index in [4.69, 9.17) is 40.1 Å². The van der Waals surface area contributed by atoms with Crippen LogP contribution in [0.1, 0.15) is 110 Å². The van der Waals surface area contributed by atoms with Gasteiger partial charge in [0.15, 0.2) is 5.96 Å². The van der Waals surface area contributed by atoms with Crippen LogP contribution >= 0.6 is 0 Å². The first-order chi connectivity index (χ1) is 40.0. The molecule has 1 fully saturated rings. The second-order valence-corrected chi connectivity index (χ2v) is 21.5. The highest BCUT2D eigenvalue weighted by Gasteiger charge is 2.41. The third kappa shape index (κ3) is 26.7. The first-order valence-corrected chi connectivity index (χ1v) is 27.9. The molecule has 0 saturated carbocycles. The van der Waals surface area contributed by atoms with E-state index in [0.29, 0.717) is 18.4 Å². The Balaban J connectivity index is 2.46. The maximum absolute atomic E-state index is 14.4. The fourth-order valence-electron chi connectivity index (χ4n) is 8.98. The zero-order valence-electron chi connectivity index (χ0n) is 48.5. The van der Waals surface area contributed by atoms with Crippen LogP contribution < -0.4 is 82.7 Å². The highest BCUT2D eigenvalue weighted by molar-refractivity contribution is 6.01. The summed E-state index contributed by atoms with van der Waals surface area (Å²) in [6.45, 7) is 6.41. The van der Waals surface area contributed by atoms with E-state index >= 15 is 0 Å². The molecule has 0 bridgehead atoms. The minimum absolute atomic E-state index is 0.0112. The Hall–Kier alpha value is -8.52. The first-order valence-electron chi connectivity index (χ1n) is 27.9. The van der Waals surface area contributed by atoms with Crippen LogP contribution in [-0.4, -0.2) is 185 Å². The van der Waals surface area contributed by atoms with Gasteiger partial charge < -0.3 is 97.8 Å². The molecule has 1 aromatic rings. The van der Waals surface area contributed by atoms with E-state index in [9.17, 15) is 72.5 Å². The number of guanidine groups is 1. The Labute approximate surface area is 492 Å². The van der Waals surface area contributed by atoms with Crippen LogP contribution in [0.15, 0.2) is 35.3 Å². The molecule has 474 valence electrons. The van der Waals surface area contributed by atoms with Gasteiger partial charge in [0.05, 0.1) is 25.9 Å². The van der Waals surface area contributed by atoms with E-state index in [2.05, 4.69) is 47.5 Å². The number of benzene rings is 1. The van der Waals surface area contributed by atoms with Crippen molar-refractivity contribution in [3.8, 4) is 0 Å². The Morgan fingerprint density at radius 3 is 1.54 bits per heavy atom. The number of nitrogens with two attached hydrogens (primary N) is 7. The lowest BCUT2D eigenvalue weighted by Gasteiger charge is -2.31. The Kier molecular flexibility index (Phi) is 31.5. The van der Waals surface area contributed by atoms with Crippen LogP contribution in [0.2, 0.25) is 0 Å². The number of primary amides is 3. The topological polar surface area (TPSA) is 556 Å². The van der Waals surface area contributed by atoms with E-state index in [-0.39, 0.29) is 88.8 Å². The molecule has 1 saturated heterocycles. The van der Waals surface area contributed by atoms with Gasteiger partial charge in [-0.2, -0.15) is 0 Å². The van der Waals surface area contributed by atoms with Crippen LogP contribution in [0, 0.1) is 11.8 Å². The van der Waals surface area contributed by atoms with Gasteiger partial charge in [-0.05, 0) is 81.7 Å². The standard InChI is InChI=1S/C53H87N17O15/c1-27(2)20-33(65-47(80)34(21-28(3)4)66-48(81)35(64-44(77)30(55)26-71)22-29-12-6-5-7-13-29)46(79)63-32(15-10-18-61-53(59)60)45(78)69-38(24-41(57)73)52(85)70-19-11-16-39(70)51(84)68-36(23-40(56)72)49(82)67-37(25-42(74)75)50(83)62-31(43(58)76)14-8-9-17-54/h5-7,12-13,27-28,30-39,71H,8-11,14-26,54-55H2,1-4H3,(H2,56,72)(H2,57,73)(H2,58,76)(H,62,83)(H,63,79)(H,64,77)(H,65,80)(H,66,81)(H,67,82)(H,68,84)(H,69,78)(H,74,75)(H4,59,60,61)/t30-,31-,32-,33-,34-,35-,36-,37-,38-,39-/m0/s1. The predicted octanol–water partition coefficient (Wildman–Crippen LogP) is -6.60. The third-order valence-electron chi connectivity index (χ3n) is 13.2. The lowest BCUT2D eigenvalue weighted by atomic mass is 9.98. The van der Waals surface area contributed by atoms with Gasteiger partial charge in [-0.25, -0.2) is 0 Å². The normalized spacial score (nSPS) is 16.1. The number of aliphatic imine (C=N–C) groups is 1. The highest BCUT2D eigenvalue weighted by atomic mass is 16.4. The smallest absolute Gasteiger partial charge is 0.305 e. The molecule has 1 heterocycles. The average molecular weight is 1200 g/mol. The summed E-state index contributed by atoms with van der Waals surface area (Å²) in [5, 5.41) is 38.8. The zero-order chi connectivity index (χ0) is 64.1. The molecular weight excluding hydrogens is 1110 g/mol. The number of hydrogen-bond acceptors (Lipinski definition) is 17. The van der Waals surface area contributed by atoms with Crippen molar-refractivity contribution in [2.24, 2.45) is 57.0 Å². The number of unbranched alkanes of at least 4 members (excludes halogenated alkanes) is 1. The maximum atomic E-state index is 14.4. The van der Waals surface area contributed by atoms with Gasteiger partial charge in [-0.1, -0.05) is 58.0 Å². The molecule has 2 rings (SSSR count). The maximum Gasteiger partial charge on any atom is 0.305 e. The molecule has 24 N–H and O–H groups in total. The van der Waals surface area contributed by atoms with Crippen LogP contribution in [-0.2, 0) is 68.7 Å². The number of carbonyl (C=O) groups excluding carboxylic acids is 12. The molecule has 10 atom stereocenters. The number of rotatable bonds is 39. The molecular formula is C53H87N17O15. The highest BCUT2D eigenvalue weighted by Crippen LogP contribution is 2.21. The molecule has 0 spiro atoms. The molecule has 0 aromatic heterocycles. The molecule has 0 aliphatic carbocycles. The Morgan fingerprint density at radius 1 is 0.576 bits per heavy atom. The number of carboxylic acid groups (broad SMARTS) is 1. The number of aliphatic carboxylic acids is 1. The summed E-state index contributed by atoms with van der Waals surface area (Å²) in [5.74, 6) is -14.3. The van der Waals surface area contributed by atoms with Crippen LogP contribution in [0.5, 0.6) is 0 Å². The fraction of sp³-hybridized carbons (Fsp3) is 0.623. The van der Waals surface area contributed by atoms with Crippen LogP contribution in [0.3, 0.4) is 0 Å². The third-order valence-corrected chi connectivity index (χ3v) is 13.2. The number of carboxylic acids is 1. The van der Waals surface area contributed by atoms with Gasteiger partial charge in [0, 0.05) is 19.5 Å². The number of amides is 12. The second-order valence-electron chi connectivity index (χ2n) is 21.5. The summed E-state index contributed by atoms with van der Waals surface area (Å²) >= 11 is 0. The van der Waals surface area contributed by atoms with Crippen LogP contribution in [0.4, 0.5) is 0 Å². The zero-order valence-corrected chi connectivity index (χ0v) is 48.5. The first kappa shape index (κ1) is 72.6. The van der Waals surface area contributed by atoms with Gasteiger partial charge in [0.25, 0.3) is 0 Å². The molecule has 1 aromatic carbocycles. The number of nitrogens with zero attached hydrogens (tertiary/aromatic N) is 2. The summed E-state index contributed by atoms with van der Waals surface area (Å²) in [4.78, 5) is 179. The van der Waals surface area contributed by atoms with E-state index in [1.807, 2.05) is 0 Å². The summed E-state index contributed by atoms with van der Waals surface area (Å²) in [7, 11) is 0. The Morgan fingerprint density at radius 2 is 1.04 bits per heavy atom. The van der Waals surface area contributed by atoms with Crippen molar-refractivity contribution in [3.63, 3.8) is 0 Å². The van der Waals surface area contributed by atoms with Crippen molar-refractivity contribution < 1.29 is 72.5 Å². The van der Waals surface area contributed by atoms with Crippen molar-refractivity contribution in [1.82, 2.24) is 47.4 Å². The molecule has 32 nitrogen and oxygen atoms in total. The average Bonchev–Trinajstić information content (AvgIpc) is 3.85. The van der Waals surface area contributed by atoms with Gasteiger partial charge in [-0.15, -0.1) is 0 Å². The number of hydrogen-bond donors (Lipinski definition) is 17. The monoisotopic (exact) mass is 1200 g/mol. The lowest BCUT2D eigenvalue weighted by molar-refractivity contribution is -0.144. The summed E-state index contributed by atoms with van der Waals surface area (Å²) in [6.07, 6.45) is -1.99. The number of aliphatic hydroxyl groups excluding tert-OH is 1. The number of aliphatic hydroxyl groups is 1. The SMILES string of the molecule is CC(C)C[C@H](NC(=O)[C@H](CC(C)C)NC(=O)[C@H](Cc1ccccc1)NC(=O)[C@@H](N)CO)C(=O)N[C@@H](CCCN=C(N)N)C(=O)N[C@@H](CC(N)=O)C(=O)N1CCC[C@H]1C(=O)N[C@@H](CC(N)=O)C(=O)N[C@@H](CC(=O)O)C(=O)N[C@@H](CCCCN)C(N)=O. The molecule has 0 unspecified atom stereocenters. The number of nitrogens with one attached hydrogen (secondary N) is 8. The van der Waals surface area contributed by atoms with Gasteiger partial charge in [-0.3, -0.25) is 67.3 Å². The molecule has 32 heteroatoms. The second kappa shape index (κ2) is 36.9. The van der Waals surface area contributed by atoms with E-state index < -0.39 is 163 Å². The minimum Gasteiger partial charge on any atom is -0.481 e. The molecule has 85 heavy (non-hydrogen) atoms. The Bertz CT molecular complexity index is 2520. The quantitative estimate of drug-likeness (QED) is 0.0166. The predicted molar refractivity (Wildman–Crippen MR) is 306 cm³/mol. The van der Waals surface area contributed by atoms with E-state index in [0.717, 1.165) is 4.90 Å². The van der Waals surface area contributed by atoms with Crippen molar-refractivity contribution in [1.29, 1.82) is 0 Å². The van der Waals surface area contributed by atoms with Gasteiger partial charge >= 0.3 is 5.97 Å². The van der Waals surface area contributed by atoms with Crippen molar-refractivity contribution in [2.75, 3.05) is 26.2 Å². The summed E-state index contributed by atoms with van der Waals surface area (Å²) < 4.78 is 0. The minimum atomic E-state index is -1.87. The molecule has 0 radical (unpaired) electrons. The summed E-state index contributed by atoms with van der Waals surface area (Å²) in [6, 6.07) is -6.44. The van der Waals surface area contributed by atoms with Crippen molar-refractivity contribution in [2.45, 2.75) is 172 Å².